The Balaban J connectivity index is 1.60. The first-order valence-electron chi connectivity index (χ1n) is 9.46. The molecule has 0 spiro atoms. The molecule has 10 heteroatoms. The van der Waals surface area contributed by atoms with Gasteiger partial charge in [0.05, 0.1) is 24.4 Å². The van der Waals surface area contributed by atoms with Crippen LogP contribution in [0, 0.1) is 0 Å². The van der Waals surface area contributed by atoms with Gasteiger partial charge in [-0.3, -0.25) is 4.98 Å². The molecule has 5 heterocycles. The quantitative estimate of drug-likeness (QED) is 0.683. The minimum atomic E-state index is -3.01. The third-order valence-electron chi connectivity index (χ3n) is 5.19. The van der Waals surface area contributed by atoms with Crippen molar-refractivity contribution in [2.45, 2.75) is 25.2 Å². The van der Waals surface area contributed by atoms with Crippen molar-refractivity contribution in [1.82, 2.24) is 19.9 Å². The van der Waals surface area contributed by atoms with Crippen LogP contribution in [0.15, 0.2) is 42.7 Å². The molecule has 0 aliphatic carbocycles. The van der Waals surface area contributed by atoms with E-state index in [1.165, 1.54) is 12.3 Å². The summed E-state index contributed by atoms with van der Waals surface area (Å²) >= 11 is 0. The number of alkyl halides is 2. The van der Waals surface area contributed by atoms with Gasteiger partial charge in [-0.15, -0.1) is 0 Å². The van der Waals surface area contributed by atoms with Crippen molar-refractivity contribution in [2.75, 3.05) is 23.8 Å². The summed E-state index contributed by atoms with van der Waals surface area (Å²) in [6.45, 7) is -1.61. The van der Waals surface area contributed by atoms with E-state index in [0.717, 1.165) is 18.8 Å². The van der Waals surface area contributed by atoms with Crippen molar-refractivity contribution in [1.29, 1.82) is 0 Å². The van der Waals surface area contributed by atoms with E-state index in [1.807, 2.05) is 24.3 Å². The number of nitrogens with zero attached hydrogens (tertiary/aromatic N) is 5. The highest BCUT2D eigenvalue weighted by Crippen LogP contribution is 2.35. The van der Waals surface area contributed by atoms with Crippen LogP contribution in [0.4, 0.5) is 20.4 Å². The van der Waals surface area contributed by atoms with E-state index in [1.54, 1.807) is 6.20 Å². The molecule has 30 heavy (non-hydrogen) atoms. The Morgan fingerprint density at radius 1 is 1.17 bits per heavy atom. The molecule has 0 aromatic carbocycles. The van der Waals surface area contributed by atoms with Crippen molar-refractivity contribution in [3.05, 3.63) is 42.7 Å². The Labute approximate surface area is 170 Å². The second kappa shape index (κ2) is 7.45. The number of nitrogens with two attached hydrogens (primary N) is 1. The zero-order valence-electron chi connectivity index (χ0n) is 15.8. The highest BCUT2D eigenvalue weighted by Gasteiger charge is 2.40. The highest BCUT2D eigenvalue weighted by molar-refractivity contribution is 5.69. The number of hydrogen-bond acceptors (Lipinski definition) is 8. The van der Waals surface area contributed by atoms with Crippen LogP contribution in [-0.4, -0.2) is 51.8 Å². The summed E-state index contributed by atoms with van der Waals surface area (Å²) in [4.78, 5) is 19.8. The van der Waals surface area contributed by atoms with Crippen LogP contribution < -0.4 is 15.4 Å². The third kappa shape index (κ3) is 3.50. The van der Waals surface area contributed by atoms with Gasteiger partial charge in [0.1, 0.15) is 11.5 Å². The molecule has 3 aromatic heterocycles. The predicted molar refractivity (Wildman–Crippen MR) is 105 cm³/mol. The average Bonchev–Trinajstić information content (AvgIpc) is 3.39. The van der Waals surface area contributed by atoms with Crippen molar-refractivity contribution >= 4 is 11.6 Å². The SMILES string of the molecule is Nc1ncc(-c2cc(N3C[C@@H]4C[C@H]3CO4)nc(-c3ccccn3)n2)cc1OC(F)F. The van der Waals surface area contributed by atoms with Gasteiger partial charge in [-0.25, -0.2) is 15.0 Å². The summed E-state index contributed by atoms with van der Waals surface area (Å²) in [7, 11) is 0. The number of morpholine rings is 1. The fraction of sp³-hybridized carbons (Fsp3) is 0.300. The topological polar surface area (TPSA) is 99.3 Å². The maximum Gasteiger partial charge on any atom is 0.387 e. The second-order valence-electron chi connectivity index (χ2n) is 7.13. The number of ether oxygens (including phenoxy) is 2. The first-order chi connectivity index (χ1) is 14.6. The molecule has 8 nitrogen and oxygen atoms in total. The number of fused-ring (bicyclic) bond motifs is 2. The highest BCUT2D eigenvalue weighted by atomic mass is 19.3. The van der Waals surface area contributed by atoms with Crippen LogP contribution in [0.2, 0.25) is 0 Å². The van der Waals surface area contributed by atoms with E-state index in [9.17, 15) is 8.78 Å². The Morgan fingerprint density at radius 3 is 2.77 bits per heavy atom. The summed E-state index contributed by atoms with van der Waals surface area (Å²) < 4.78 is 35.6. The molecular weight excluding hydrogens is 394 g/mol. The smallest absolute Gasteiger partial charge is 0.387 e. The van der Waals surface area contributed by atoms with Gasteiger partial charge >= 0.3 is 6.61 Å². The lowest BCUT2D eigenvalue weighted by atomic mass is 10.1. The fourth-order valence-corrected chi connectivity index (χ4v) is 3.80. The summed E-state index contributed by atoms with van der Waals surface area (Å²) in [5.41, 5.74) is 7.28. The van der Waals surface area contributed by atoms with Crippen LogP contribution >= 0.6 is 0 Å². The van der Waals surface area contributed by atoms with E-state index in [0.29, 0.717) is 29.4 Å². The summed E-state index contributed by atoms with van der Waals surface area (Å²) in [6, 6.07) is 8.94. The number of nitrogen functional groups attached to an aromatic ring is 1. The molecule has 154 valence electrons. The first kappa shape index (κ1) is 18.6. The van der Waals surface area contributed by atoms with Gasteiger partial charge in [-0.2, -0.15) is 8.78 Å². The minimum absolute atomic E-state index is 0.118. The second-order valence-corrected chi connectivity index (χ2v) is 7.13. The summed E-state index contributed by atoms with van der Waals surface area (Å²) in [5, 5.41) is 0. The van der Waals surface area contributed by atoms with Crippen LogP contribution in [0.25, 0.3) is 22.8 Å². The van der Waals surface area contributed by atoms with Gasteiger partial charge in [0.15, 0.2) is 17.4 Å². The molecule has 2 N–H and O–H groups in total. The van der Waals surface area contributed by atoms with E-state index in [4.69, 9.17) is 15.5 Å². The summed E-state index contributed by atoms with van der Waals surface area (Å²) in [5.74, 6) is 0.840. The molecule has 0 radical (unpaired) electrons. The molecule has 2 fully saturated rings. The standard InChI is InChI=1S/C20H18F2N6O2/c21-20(22)30-16-5-11(8-25-18(16)23)15-7-17(28-9-13-6-12(28)10-29-13)27-19(26-15)14-3-1-2-4-24-14/h1-5,7-8,12-13,20H,6,9-10H2,(H2,23,25)/t12-,13-/m0/s1. The third-order valence-corrected chi connectivity index (χ3v) is 5.19. The normalized spacial score (nSPS) is 20.2. The first-order valence-corrected chi connectivity index (χ1v) is 9.46. The number of anilines is 2. The molecule has 0 amide bonds. The van der Waals surface area contributed by atoms with Crippen molar-refractivity contribution < 1.29 is 18.3 Å². The van der Waals surface area contributed by atoms with Gasteiger partial charge in [0, 0.05) is 30.6 Å². The van der Waals surface area contributed by atoms with E-state index < -0.39 is 6.61 Å². The van der Waals surface area contributed by atoms with E-state index >= 15 is 0 Å². The molecule has 2 bridgehead atoms. The van der Waals surface area contributed by atoms with Crippen molar-refractivity contribution in [2.24, 2.45) is 0 Å². The maximum atomic E-state index is 12.7. The zero-order valence-corrected chi connectivity index (χ0v) is 15.8. The molecule has 0 unspecified atom stereocenters. The van der Waals surface area contributed by atoms with Gasteiger partial charge in [-0.05, 0) is 24.6 Å². The molecule has 5 rings (SSSR count). The van der Waals surface area contributed by atoms with Crippen molar-refractivity contribution in [3.63, 3.8) is 0 Å². The Kier molecular flexibility index (Phi) is 4.62. The Morgan fingerprint density at radius 2 is 2.07 bits per heavy atom. The predicted octanol–water partition coefficient (Wildman–Crippen LogP) is 2.76. The lowest BCUT2D eigenvalue weighted by Crippen LogP contribution is -2.37. The van der Waals surface area contributed by atoms with E-state index in [-0.39, 0.29) is 23.7 Å². The number of rotatable bonds is 5. The van der Waals surface area contributed by atoms with Crippen LogP contribution in [0.3, 0.4) is 0 Å². The van der Waals surface area contributed by atoms with Crippen LogP contribution in [-0.2, 0) is 4.74 Å². The molecule has 3 aromatic rings. The van der Waals surface area contributed by atoms with Gasteiger partial charge < -0.3 is 20.1 Å². The zero-order chi connectivity index (χ0) is 20.7. The van der Waals surface area contributed by atoms with Gasteiger partial charge in [0.2, 0.25) is 0 Å². The Bertz CT molecular complexity index is 1070. The molecule has 2 aliphatic heterocycles. The Hall–Kier alpha value is -3.40. The van der Waals surface area contributed by atoms with Crippen molar-refractivity contribution in [3.8, 4) is 28.5 Å². The number of aromatic nitrogens is 4. The maximum absolute atomic E-state index is 12.7. The number of halogens is 2. The molecule has 0 saturated carbocycles. The van der Waals surface area contributed by atoms with Crippen LogP contribution in [0.5, 0.6) is 5.75 Å². The number of pyridine rings is 2. The lowest BCUT2D eigenvalue weighted by Gasteiger charge is -2.28. The van der Waals surface area contributed by atoms with Gasteiger partial charge in [0.25, 0.3) is 0 Å². The molecule has 2 atom stereocenters. The summed E-state index contributed by atoms with van der Waals surface area (Å²) in [6.07, 6.45) is 4.28. The molecule has 2 aliphatic rings. The lowest BCUT2D eigenvalue weighted by molar-refractivity contribution is -0.0494. The minimum Gasteiger partial charge on any atom is -0.431 e. The largest absolute Gasteiger partial charge is 0.431 e. The van der Waals surface area contributed by atoms with Gasteiger partial charge in [-0.1, -0.05) is 6.07 Å². The van der Waals surface area contributed by atoms with E-state index in [2.05, 4.69) is 24.6 Å². The molecular formula is C20H18F2N6O2. The fourth-order valence-electron chi connectivity index (χ4n) is 3.80. The average molecular weight is 412 g/mol. The number of hydrogen-bond donors (Lipinski definition) is 1. The van der Waals surface area contributed by atoms with Crippen LogP contribution in [0.1, 0.15) is 6.42 Å². The molecule has 2 saturated heterocycles. The monoisotopic (exact) mass is 412 g/mol.